The molecule has 0 aliphatic rings. The first kappa shape index (κ1) is 19.8. The second-order valence-electron chi connectivity index (χ2n) is 6.35. The molecule has 0 bridgehead atoms. The van der Waals surface area contributed by atoms with E-state index in [2.05, 4.69) is 10.3 Å². The molecule has 1 aromatic heterocycles. The van der Waals surface area contributed by atoms with Crippen molar-refractivity contribution in [3.63, 3.8) is 0 Å². The SMILES string of the molecule is CCN(Cc1ccccc1)C(=O)c1cc(C(=O)Nc2ccccc2C#N)ccn1. The van der Waals surface area contributed by atoms with E-state index in [0.717, 1.165) is 5.56 Å². The number of rotatable bonds is 6. The van der Waals surface area contributed by atoms with Crippen molar-refractivity contribution < 1.29 is 9.59 Å². The van der Waals surface area contributed by atoms with E-state index in [1.165, 1.54) is 18.3 Å². The van der Waals surface area contributed by atoms with E-state index in [-0.39, 0.29) is 11.6 Å². The Morgan fingerprint density at radius 2 is 1.79 bits per heavy atom. The highest BCUT2D eigenvalue weighted by Gasteiger charge is 2.18. The van der Waals surface area contributed by atoms with E-state index in [0.29, 0.717) is 29.9 Å². The highest BCUT2D eigenvalue weighted by Crippen LogP contribution is 2.16. The van der Waals surface area contributed by atoms with Crippen molar-refractivity contribution in [1.82, 2.24) is 9.88 Å². The van der Waals surface area contributed by atoms with Crippen molar-refractivity contribution >= 4 is 17.5 Å². The van der Waals surface area contributed by atoms with Crippen LogP contribution in [0.1, 0.15) is 38.9 Å². The minimum absolute atomic E-state index is 0.198. The van der Waals surface area contributed by atoms with Gasteiger partial charge < -0.3 is 10.2 Å². The smallest absolute Gasteiger partial charge is 0.272 e. The van der Waals surface area contributed by atoms with Crippen LogP contribution in [-0.2, 0) is 6.54 Å². The lowest BCUT2D eigenvalue weighted by molar-refractivity contribution is 0.0746. The fourth-order valence-electron chi connectivity index (χ4n) is 2.87. The lowest BCUT2D eigenvalue weighted by atomic mass is 10.1. The minimum atomic E-state index is -0.407. The fraction of sp³-hybridized carbons (Fsp3) is 0.130. The van der Waals surface area contributed by atoms with Gasteiger partial charge in [-0.2, -0.15) is 5.26 Å². The van der Waals surface area contributed by atoms with E-state index in [1.807, 2.05) is 43.3 Å². The molecule has 0 unspecified atom stereocenters. The number of nitrogens with zero attached hydrogens (tertiary/aromatic N) is 3. The summed E-state index contributed by atoms with van der Waals surface area (Å²) in [7, 11) is 0. The van der Waals surface area contributed by atoms with E-state index in [9.17, 15) is 9.59 Å². The second-order valence-corrected chi connectivity index (χ2v) is 6.35. The summed E-state index contributed by atoms with van der Waals surface area (Å²) in [6.07, 6.45) is 1.44. The van der Waals surface area contributed by atoms with Crippen LogP contribution in [0.2, 0.25) is 0 Å². The third kappa shape index (κ3) is 4.85. The van der Waals surface area contributed by atoms with Gasteiger partial charge >= 0.3 is 0 Å². The monoisotopic (exact) mass is 384 g/mol. The fourth-order valence-corrected chi connectivity index (χ4v) is 2.87. The molecule has 0 atom stereocenters. The zero-order chi connectivity index (χ0) is 20.6. The van der Waals surface area contributed by atoms with Gasteiger partial charge in [0, 0.05) is 24.8 Å². The summed E-state index contributed by atoms with van der Waals surface area (Å²) < 4.78 is 0. The van der Waals surface area contributed by atoms with Crippen LogP contribution in [0.3, 0.4) is 0 Å². The number of hydrogen-bond acceptors (Lipinski definition) is 4. The number of amides is 2. The van der Waals surface area contributed by atoms with E-state index >= 15 is 0 Å². The number of hydrogen-bond donors (Lipinski definition) is 1. The standard InChI is InChI=1S/C23H20N4O2/c1-2-27(16-17-8-4-3-5-9-17)23(29)21-14-18(12-13-25-21)22(28)26-20-11-7-6-10-19(20)15-24/h3-14H,2,16H2,1H3,(H,26,28). The molecule has 0 aliphatic carbocycles. The molecule has 0 radical (unpaired) electrons. The summed E-state index contributed by atoms with van der Waals surface area (Å²) in [5, 5.41) is 11.9. The largest absolute Gasteiger partial charge is 0.333 e. The maximum absolute atomic E-state index is 12.9. The van der Waals surface area contributed by atoms with Crippen LogP contribution in [0, 0.1) is 11.3 Å². The maximum atomic E-state index is 12.9. The molecule has 6 nitrogen and oxygen atoms in total. The van der Waals surface area contributed by atoms with Gasteiger partial charge in [-0.05, 0) is 36.8 Å². The number of para-hydroxylation sites is 1. The Morgan fingerprint density at radius 1 is 1.07 bits per heavy atom. The Balaban J connectivity index is 1.78. The molecule has 0 spiro atoms. The number of nitrogens with one attached hydrogen (secondary N) is 1. The molecular formula is C23H20N4O2. The molecule has 2 amide bonds. The van der Waals surface area contributed by atoms with Crippen LogP contribution >= 0.6 is 0 Å². The number of aromatic nitrogens is 1. The number of anilines is 1. The Morgan fingerprint density at radius 3 is 2.52 bits per heavy atom. The number of pyridine rings is 1. The van der Waals surface area contributed by atoms with E-state index < -0.39 is 5.91 Å². The topological polar surface area (TPSA) is 86.1 Å². The third-order valence-corrected chi connectivity index (χ3v) is 4.42. The summed E-state index contributed by atoms with van der Waals surface area (Å²) >= 11 is 0. The summed E-state index contributed by atoms with van der Waals surface area (Å²) in [5.41, 5.74) is 2.30. The van der Waals surface area contributed by atoms with Crippen LogP contribution in [0.25, 0.3) is 0 Å². The molecule has 3 aromatic rings. The van der Waals surface area contributed by atoms with Gasteiger partial charge in [-0.1, -0.05) is 42.5 Å². The molecule has 2 aromatic carbocycles. The lowest BCUT2D eigenvalue weighted by Gasteiger charge is -2.20. The molecule has 0 saturated heterocycles. The summed E-state index contributed by atoms with van der Waals surface area (Å²) in [6.45, 7) is 2.88. The van der Waals surface area contributed by atoms with Crippen LogP contribution in [0.5, 0.6) is 0 Å². The second kappa shape index (κ2) is 9.29. The zero-order valence-electron chi connectivity index (χ0n) is 16.0. The van der Waals surface area contributed by atoms with Crippen molar-refractivity contribution in [2.75, 3.05) is 11.9 Å². The van der Waals surface area contributed by atoms with Crippen molar-refractivity contribution in [3.8, 4) is 6.07 Å². The Labute approximate surface area is 169 Å². The first-order chi connectivity index (χ1) is 14.1. The van der Waals surface area contributed by atoms with Gasteiger partial charge in [0.25, 0.3) is 11.8 Å². The van der Waals surface area contributed by atoms with Crippen LogP contribution in [-0.4, -0.2) is 28.2 Å². The van der Waals surface area contributed by atoms with Crippen LogP contribution in [0.15, 0.2) is 72.9 Å². The predicted molar refractivity (Wildman–Crippen MR) is 110 cm³/mol. The molecule has 1 N–H and O–H groups in total. The molecule has 0 fully saturated rings. The van der Waals surface area contributed by atoms with Crippen molar-refractivity contribution in [2.45, 2.75) is 13.5 Å². The Bertz CT molecular complexity index is 1060. The molecule has 29 heavy (non-hydrogen) atoms. The average molecular weight is 384 g/mol. The van der Waals surface area contributed by atoms with Gasteiger partial charge in [0.1, 0.15) is 11.8 Å². The van der Waals surface area contributed by atoms with Crippen molar-refractivity contribution in [2.24, 2.45) is 0 Å². The van der Waals surface area contributed by atoms with Crippen LogP contribution < -0.4 is 5.32 Å². The molecule has 0 aliphatic heterocycles. The number of carbonyl (C=O) groups excluding carboxylic acids is 2. The molecular weight excluding hydrogens is 364 g/mol. The summed E-state index contributed by atoms with van der Waals surface area (Å²) in [6, 6.07) is 21.5. The number of carbonyl (C=O) groups is 2. The van der Waals surface area contributed by atoms with Gasteiger partial charge in [-0.15, -0.1) is 0 Å². The van der Waals surface area contributed by atoms with Gasteiger partial charge in [0.2, 0.25) is 0 Å². The van der Waals surface area contributed by atoms with E-state index in [4.69, 9.17) is 5.26 Å². The average Bonchev–Trinajstić information content (AvgIpc) is 2.78. The molecule has 144 valence electrons. The summed E-state index contributed by atoms with van der Waals surface area (Å²) in [5.74, 6) is -0.654. The van der Waals surface area contributed by atoms with Gasteiger partial charge in [-0.25, -0.2) is 0 Å². The normalized spacial score (nSPS) is 10.1. The number of nitriles is 1. The van der Waals surface area contributed by atoms with Gasteiger partial charge in [-0.3, -0.25) is 14.6 Å². The lowest BCUT2D eigenvalue weighted by Crippen LogP contribution is -2.31. The van der Waals surface area contributed by atoms with Crippen molar-refractivity contribution in [3.05, 3.63) is 95.3 Å². The predicted octanol–water partition coefficient (Wildman–Crippen LogP) is 3.87. The van der Waals surface area contributed by atoms with Gasteiger partial charge in [0.15, 0.2) is 0 Å². The molecule has 6 heteroatoms. The quantitative estimate of drug-likeness (QED) is 0.699. The van der Waals surface area contributed by atoms with Gasteiger partial charge in [0.05, 0.1) is 11.3 Å². The first-order valence-corrected chi connectivity index (χ1v) is 9.22. The summed E-state index contributed by atoms with van der Waals surface area (Å²) in [4.78, 5) is 31.3. The molecule has 3 rings (SSSR count). The maximum Gasteiger partial charge on any atom is 0.272 e. The Kier molecular flexibility index (Phi) is 6.33. The first-order valence-electron chi connectivity index (χ1n) is 9.22. The van der Waals surface area contributed by atoms with Crippen molar-refractivity contribution in [1.29, 1.82) is 5.26 Å². The highest BCUT2D eigenvalue weighted by atomic mass is 16.2. The van der Waals surface area contributed by atoms with Crippen LogP contribution in [0.4, 0.5) is 5.69 Å². The molecule has 1 heterocycles. The van der Waals surface area contributed by atoms with E-state index in [1.54, 1.807) is 29.2 Å². The highest BCUT2D eigenvalue weighted by molar-refractivity contribution is 6.06. The minimum Gasteiger partial charge on any atom is -0.333 e. The molecule has 0 saturated carbocycles. The third-order valence-electron chi connectivity index (χ3n) is 4.42. The zero-order valence-corrected chi connectivity index (χ0v) is 16.0. The Hall–Kier alpha value is -3.98. The number of benzene rings is 2.